The molecule has 1 aromatic heterocycles. The number of ether oxygens (including phenoxy) is 2. The maximum Gasteiger partial charge on any atom is 0.205 e. The van der Waals surface area contributed by atoms with Crippen LogP contribution in [0.5, 0.6) is 11.5 Å². The quantitative estimate of drug-likeness (QED) is 0.333. The number of nitrogens with zero attached hydrogens (tertiary/aromatic N) is 2. The summed E-state index contributed by atoms with van der Waals surface area (Å²) in [6, 6.07) is 12.3. The SMILES string of the molecule is CC(=O)c1c(OCCN2CCN(C)CC2)c(OCCCc2ccccc2)c2occc2c1C. The molecule has 1 fully saturated rings. The predicted molar refractivity (Wildman–Crippen MR) is 131 cm³/mol. The van der Waals surface area contributed by atoms with Crippen LogP contribution >= 0.6 is 0 Å². The minimum Gasteiger partial charge on any atom is -0.487 e. The van der Waals surface area contributed by atoms with Crippen molar-refractivity contribution >= 4 is 16.8 Å². The van der Waals surface area contributed by atoms with Crippen LogP contribution in [0.3, 0.4) is 0 Å². The Morgan fingerprint density at radius 2 is 1.73 bits per heavy atom. The zero-order valence-corrected chi connectivity index (χ0v) is 19.9. The summed E-state index contributed by atoms with van der Waals surface area (Å²) in [6.45, 7) is 9.53. The molecule has 1 saturated heterocycles. The van der Waals surface area contributed by atoms with Gasteiger partial charge in [0.15, 0.2) is 17.1 Å². The Balaban J connectivity index is 1.52. The first-order valence-electron chi connectivity index (χ1n) is 11.8. The average molecular weight is 451 g/mol. The number of Topliss-reactive ketones (excluding diaryl/α,β-unsaturated/α-hetero) is 1. The van der Waals surface area contributed by atoms with Gasteiger partial charge in [0.2, 0.25) is 5.75 Å². The van der Waals surface area contributed by atoms with Crippen LogP contribution in [0, 0.1) is 6.92 Å². The van der Waals surface area contributed by atoms with E-state index < -0.39 is 0 Å². The smallest absolute Gasteiger partial charge is 0.205 e. The molecule has 6 nitrogen and oxygen atoms in total. The fraction of sp³-hybridized carbons (Fsp3) is 0.444. The highest BCUT2D eigenvalue weighted by molar-refractivity contribution is 6.05. The van der Waals surface area contributed by atoms with Crippen molar-refractivity contribution in [2.45, 2.75) is 26.7 Å². The van der Waals surface area contributed by atoms with E-state index >= 15 is 0 Å². The molecule has 0 atom stereocenters. The minimum absolute atomic E-state index is 0.0284. The van der Waals surface area contributed by atoms with Crippen LogP contribution in [0.4, 0.5) is 0 Å². The number of benzene rings is 2. The molecule has 1 aliphatic heterocycles. The summed E-state index contributed by atoms with van der Waals surface area (Å²) in [6.07, 6.45) is 3.43. The molecule has 176 valence electrons. The third-order valence-electron chi connectivity index (χ3n) is 6.38. The number of carbonyl (C=O) groups is 1. The Morgan fingerprint density at radius 3 is 2.45 bits per heavy atom. The molecular formula is C27H34N2O4. The fourth-order valence-electron chi connectivity index (χ4n) is 4.44. The maximum absolute atomic E-state index is 12.6. The molecular weight excluding hydrogens is 416 g/mol. The molecule has 2 heterocycles. The van der Waals surface area contributed by atoms with Gasteiger partial charge in [-0.1, -0.05) is 30.3 Å². The fourth-order valence-corrected chi connectivity index (χ4v) is 4.44. The average Bonchev–Trinajstić information content (AvgIpc) is 3.30. The number of hydrogen-bond donors (Lipinski definition) is 0. The van der Waals surface area contributed by atoms with Crippen LogP contribution in [0.25, 0.3) is 11.0 Å². The highest BCUT2D eigenvalue weighted by Crippen LogP contribution is 2.43. The van der Waals surface area contributed by atoms with Gasteiger partial charge in [-0.15, -0.1) is 0 Å². The van der Waals surface area contributed by atoms with Gasteiger partial charge in [-0.2, -0.15) is 0 Å². The van der Waals surface area contributed by atoms with Gasteiger partial charge >= 0.3 is 0 Å². The second-order valence-corrected chi connectivity index (χ2v) is 8.81. The first-order valence-corrected chi connectivity index (χ1v) is 11.8. The predicted octanol–water partition coefficient (Wildman–Crippen LogP) is 4.58. The molecule has 1 aliphatic rings. The standard InChI is InChI=1S/C27H34N2O4/c1-20-23-11-18-32-25(23)27(31-17-7-10-22-8-5-4-6-9-22)26(24(20)21(2)30)33-19-16-29-14-12-28(3)13-15-29/h4-6,8-9,11,18H,7,10,12-17,19H2,1-3H3. The van der Waals surface area contributed by atoms with Crippen molar-refractivity contribution in [3.05, 3.63) is 59.4 Å². The van der Waals surface area contributed by atoms with Gasteiger partial charge in [-0.3, -0.25) is 9.69 Å². The number of rotatable bonds is 10. The molecule has 0 bridgehead atoms. The summed E-state index contributed by atoms with van der Waals surface area (Å²) in [5.74, 6) is 1.02. The van der Waals surface area contributed by atoms with E-state index in [4.69, 9.17) is 13.9 Å². The molecule has 4 rings (SSSR count). The molecule has 0 unspecified atom stereocenters. The normalized spacial score (nSPS) is 15.1. The molecule has 3 aromatic rings. The van der Waals surface area contributed by atoms with Crippen molar-refractivity contribution in [3.63, 3.8) is 0 Å². The lowest BCUT2D eigenvalue weighted by atomic mass is 9.99. The van der Waals surface area contributed by atoms with E-state index in [9.17, 15) is 4.79 Å². The largest absolute Gasteiger partial charge is 0.487 e. The Bertz CT molecular complexity index is 1070. The summed E-state index contributed by atoms with van der Waals surface area (Å²) < 4.78 is 18.3. The number of ketones is 1. The van der Waals surface area contributed by atoms with Crippen LogP contribution in [0.1, 0.15) is 34.8 Å². The van der Waals surface area contributed by atoms with Gasteiger partial charge in [0.05, 0.1) is 18.4 Å². The van der Waals surface area contributed by atoms with Gasteiger partial charge in [0.1, 0.15) is 6.61 Å². The van der Waals surface area contributed by atoms with Gasteiger partial charge in [0, 0.05) is 38.1 Å². The van der Waals surface area contributed by atoms with Gasteiger partial charge in [-0.25, -0.2) is 0 Å². The monoisotopic (exact) mass is 450 g/mol. The second-order valence-electron chi connectivity index (χ2n) is 8.81. The lowest BCUT2D eigenvalue weighted by Gasteiger charge is -2.32. The number of furan rings is 1. The summed E-state index contributed by atoms with van der Waals surface area (Å²) in [4.78, 5) is 17.4. The van der Waals surface area contributed by atoms with E-state index in [-0.39, 0.29) is 5.78 Å². The van der Waals surface area contributed by atoms with E-state index in [1.807, 2.05) is 31.2 Å². The first kappa shape index (κ1) is 23.3. The highest BCUT2D eigenvalue weighted by Gasteiger charge is 2.25. The number of piperazine rings is 1. The van der Waals surface area contributed by atoms with Crippen molar-refractivity contribution in [3.8, 4) is 11.5 Å². The van der Waals surface area contributed by atoms with E-state index in [1.54, 1.807) is 13.2 Å². The summed E-state index contributed by atoms with van der Waals surface area (Å²) in [5.41, 5.74) is 3.38. The van der Waals surface area contributed by atoms with Gasteiger partial charge in [-0.05, 0) is 50.9 Å². The molecule has 0 N–H and O–H groups in total. The van der Waals surface area contributed by atoms with Crippen molar-refractivity contribution in [2.75, 3.05) is 53.0 Å². The molecule has 2 aromatic carbocycles. The Kier molecular flexibility index (Phi) is 7.68. The van der Waals surface area contributed by atoms with Crippen molar-refractivity contribution in [1.82, 2.24) is 9.80 Å². The van der Waals surface area contributed by atoms with Crippen LogP contribution in [-0.4, -0.2) is 68.6 Å². The lowest BCUT2D eigenvalue weighted by Crippen LogP contribution is -2.45. The molecule has 33 heavy (non-hydrogen) atoms. The topological polar surface area (TPSA) is 55.2 Å². The van der Waals surface area contributed by atoms with Crippen LogP contribution in [0.15, 0.2) is 47.1 Å². The minimum atomic E-state index is -0.0284. The van der Waals surface area contributed by atoms with Crippen molar-refractivity contribution < 1.29 is 18.7 Å². The zero-order valence-electron chi connectivity index (χ0n) is 19.9. The number of likely N-dealkylation sites (N-methyl/N-ethyl adjacent to an activating group) is 1. The zero-order chi connectivity index (χ0) is 23.2. The summed E-state index contributed by atoms with van der Waals surface area (Å²) >= 11 is 0. The maximum atomic E-state index is 12.6. The van der Waals surface area contributed by atoms with Crippen molar-refractivity contribution in [2.24, 2.45) is 0 Å². The highest BCUT2D eigenvalue weighted by atomic mass is 16.5. The number of aryl methyl sites for hydroxylation is 2. The third kappa shape index (κ3) is 5.57. The van der Waals surface area contributed by atoms with Gasteiger partial charge < -0.3 is 18.8 Å². The molecule has 6 heteroatoms. The summed E-state index contributed by atoms with van der Waals surface area (Å²) in [7, 11) is 2.15. The van der Waals surface area contributed by atoms with Gasteiger partial charge in [0.25, 0.3) is 0 Å². The Labute approximate surface area is 196 Å². The van der Waals surface area contributed by atoms with E-state index in [1.165, 1.54) is 5.56 Å². The molecule has 0 spiro atoms. The number of hydrogen-bond acceptors (Lipinski definition) is 6. The Hall–Kier alpha value is -2.83. The van der Waals surface area contributed by atoms with E-state index in [2.05, 4.69) is 29.0 Å². The molecule has 0 radical (unpaired) electrons. The van der Waals surface area contributed by atoms with Crippen LogP contribution < -0.4 is 9.47 Å². The third-order valence-corrected chi connectivity index (χ3v) is 6.38. The van der Waals surface area contributed by atoms with Crippen LogP contribution in [-0.2, 0) is 6.42 Å². The van der Waals surface area contributed by atoms with Crippen molar-refractivity contribution in [1.29, 1.82) is 0 Å². The lowest BCUT2D eigenvalue weighted by molar-refractivity contribution is 0.100. The molecule has 0 saturated carbocycles. The van der Waals surface area contributed by atoms with E-state index in [0.717, 1.165) is 56.5 Å². The Morgan fingerprint density at radius 1 is 1.00 bits per heavy atom. The molecule has 0 amide bonds. The van der Waals surface area contributed by atoms with E-state index in [0.29, 0.717) is 35.9 Å². The molecule has 0 aliphatic carbocycles. The first-order chi connectivity index (χ1) is 16.0. The summed E-state index contributed by atoms with van der Waals surface area (Å²) in [5, 5.41) is 0.893. The number of fused-ring (bicyclic) bond motifs is 1. The number of carbonyl (C=O) groups excluding carboxylic acids is 1. The second kappa shape index (κ2) is 10.9. The van der Waals surface area contributed by atoms with Crippen LogP contribution in [0.2, 0.25) is 0 Å².